The molecule has 0 radical (unpaired) electrons. The van der Waals surface area contributed by atoms with Crippen LogP contribution in [0, 0.1) is 0 Å². The number of thiophene rings is 1. The number of nitrogens with zero attached hydrogens (tertiary/aromatic N) is 1. The topological polar surface area (TPSA) is 46.3 Å². The lowest BCUT2D eigenvalue weighted by atomic mass is 10.1. The summed E-state index contributed by atoms with van der Waals surface area (Å²) in [5.74, 6) is 1.68. The van der Waals surface area contributed by atoms with Gasteiger partial charge in [-0.05, 0) is 23.4 Å². The van der Waals surface area contributed by atoms with Crippen molar-refractivity contribution in [2.45, 2.75) is 13.0 Å². The molecular weight excluding hydrogens is 240 g/mol. The summed E-state index contributed by atoms with van der Waals surface area (Å²) in [6.07, 6.45) is 1.01. The summed E-state index contributed by atoms with van der Waals surface area (Å²) in [7, 11) is 0. The Kier molecular flexibility index (Phi) is 4.26. The molecule has 0 aromatic carbocycles. The van der Waals surface area contributed by atoms with Gasteiger partial charge in [-0.15, -0.1) is 11.3 Å². The Hall–Kier alpha value is -0.520. The molecule has 0 spiro atoms. The van der Waals surface area contributed by atoms with E-state index in [9.17, 15) is 4.79 Å². The van der Waals surface area contributed by atoms with Gasteiger partial charge in [0, 0.05) is 30.3 Å². The quantitative estimate of drug-likeness (QED) is 0.827. The number of fused-ring (bicyclic) bond motifs is 1. The SMILES string of the molecule is NCCSCC(=O)N1CCc2sccc2C1. The van der Waals surface area contributed by atoms with Crippen molar-refractivity contribution in [3.05, 3.63) is 21.9 Å². The standard InChI is InChI=1S/C11H16N2OS2/c12-3-6-15-8-11(14)13-4-1-10-9(7-13)2-5-16-10/h2,5H,1,3-4,6-8,12H2. The molecule has 1 aromatic rings. The monoisotopic (exact) mass is 256 g/mol. The van der Waals surface area contributed by atoms with Gasteiger partial charge in [0.05, 0.1) is 5.75 Å². The van der Waals surface area contributed by atoms with Crippen molar-refractivity contribution in [1.82, 2.24) is 4.90 Å². The van der Waals surface area contributed by atoms with E-state index in [0.29, 0.717) is 12.3 Å². The predicted molar refractivity (Wildman–Crippen MR) is 69.8 cm³/mol. The first-order valence-corrected chi connectivity index (χ1v) is 7.45. The number of rotatable bonds is 4. The van der Waals surface area contributed by atoms with Crippen LogP contribution < -0.4 is 5.73 Å². The van der Waals surface area contributed by atoms with Crippen LogP contribution in [0.1, 0.15) is 10.4 Å². The third-order valence-electron chi connectivity index (χ3n) is 2.65. The molecule has 3 nitrogen and oxygen atoms in total. The van der Waals surface area contributed by atoms with Crippen molar-refractivity contribution >= 4 is 29.0 Å². The van der Waals surface area contributed by atoms with E-state index in [1.165, 1.54) is 10.4 Å². The van der Waals surface area contributed by atoms with Crippen LogP contribution >= 0.6 is 23.1 Å². The summed E-state index contributed by atoms with van der Waals surface area (Å²) < 4.78 is 0. The maximum Gasteiger partial charge on any atom is 0.232 e. The molecule has 0 saturated carbocycles. The lowest BCUT2D eigenvalue weighted by molar-refractivity contribution is -0.129. The van der Waals surface area contributed by atoms with Gasteiger partial charge in [0.15, 0.2) is 0 Å². The second-order valence-electron chi connectivity index (χ2n) is 3.78. The van der Waals surface area contributed by atoms with Gasteiger partial charge in [0.1, 0.15) is 0 Å². The van der Waals surface area contributed by atoms with Gasteiger partial charge in [-0.1, -0.05) is 0 Å². The van der Waals surface area contributed by atoms with E-state index in [1.807, 2.05) is 4.90 Å². The van der Waals surface area contributed by atoms with E-state index in [4.69, 9.17) is 5.73 Å². The van der Waals surface area contributed by atoms with Crippen LogP contribution in [-0.4, -0.2) is 35.4 Å². The zero-order valence-electron chi connectivity index (χ0n) is 9.15. The number of nitrogens with two attached hydrogens (primary N) is 1. The van der Waals surface area contributed by atoms with Gasteiger partial charge < -0.3 is 10.6 Å². The van der Waals surface area contributed by atoms with E-state index in [-0.39, 0.29) is 5.91 Å². The molecule has 2 rings (SSSR count). The molecule has 0 unspecified atom stereocenters. The summed E-state index contributed by atoms with van der Waals surface area (Å²) in [6, 6.07) is 2.13. The number of hydrogen-bond donors (Lipinski definition) is 1. The summed E-state index contributed by atoms with van der Waals surface area (Å²) in [6.45, 7) is 2.31. The Bertz CT molecular complexity index is 365. The maximum absolute atomic E-state index is 11.9. The van der Waals surface area contributed by atoms with E-state index in [1.54, 1.807) is 23.1 Å². The second kappa shape index (κ2) is 5.70. The summed E-state index contributed by atoms with van der Waals surface area (Å²) in [4.78, 5) is 15.3. The van der Waals surface area contributed by atoms with Crippen LogP contribution in [0.25, 0.3) is 0 Å². The zero-order chi connectivity index (χ0) is 11.4. The summed E-state index contributed by atoms with van der Waals surface area (Å²) in [5.41, 5.74) is 6.73. The molecule has 1 aliphatic heterocycles. The molecule has 16 heavy (non-hydrogen) atoms. The molecule has 0 bridgehead atoms. The minimum absolute atomic E-state index is 0.246. The molecule has 5 heteroatoms. The molecular formula is C11H16N2OS2. The Morgan fingerprint density at radius 2 is 2.50 bits per heavy atom. The molecule has 2 heterocycles. The van der Waals surface area contributed by atoms with Crippen molar-refractivity contribution in [1.29, 1.82) is 0 Å². The van der Waals surface area contributed by atoms with Crippen LogP contribution in [0.5, 0.6) is 0 Å². The molecule has 0 aliphatic carbocycles. The molecule has 0 saturated heterocycles. The van der Waals surface area contributed by atoms with Crippen molar-refractivity contribution < 1.29 is 4.79 Å². The lowest BCUT2D eigenvalue weighted by Gasteiger charge is -2.26. The van der Waals surface area contributed by atoms with Crippen LogP contribution in [0.15, 0.2) is 11.4 Å². The molecule has 1 amide bonds. The van der Waals surface area contributed by atoms with E-state index in [0.717, 1.165) is 25.3 Å². The number of carbonyl (C=O) groups excluding carboxylic acids is 1. The normalized spacial score (nSPS) is 14.9. The van der Waals surface area contributed by atoms with Gasteiger partial charge in [-0.25, -0.2) is 0 Å². The van der Waals surface area contributed by atoms with Crippen molar-refractivity contribution in [2.75, 3.05) is 24.6 Å². The average Bonchev–Trinajstić information content (AvgIpc) is 2.76. The molecule has 0 fully saturated rings. The van der Waals surface area contributed by atoms with Crippen molar-refractivity contribution in [2.24, 2.45) is 5.73 Å². The molecule has 2 N–H and O–H groups in total. The average molecular weight is 256 g/mol. The van der Waals surface area contributed by atoms with Gasteiger partial charge in [0.25, 0.3) is 0 Å². The van der Waals surface area contributed by atoms with Crippen LogP contribution in [0.3, 0.4) is 0 Å². The van der Waals surface area contributed by atoms with Crippen LogP contribution in [0.4, 0.5) is 0 Å². The molecule has 0 atom stereocenters. The van der Waals surface area contributed by atoms with E-state index >= 15 is 0 Å². The van der Waals surface area contributed by atoms with E-state index < -0.39 is 0 Å². The molecule has 1 aromatic heterocycles. The summed E-state index contributed by atoms with van der Waals surface area (Å²) in [5, 5.41) is 2.11. The van der Waals surface area contributed by atoms with Gasteiger partial charge >= 0.3 is 0 Å². The molecule has 88 valence electrons. The fourth-order valence-electron chi connectivity index (χ4n) is 1.80. The lowest BCUT2D eigenvalue weighted by Crippen LogP contribution is -2.36. The third-order valence-corrected chi connectivity index (χ3v) is 4.65. The van der Waals surface area contributed by atoms with Crippen LogP contribution in [0.2, 0.25) is 0 Å². The largest absolute Gasteiger partial charge is 0.337 e. The van der Waals surface area contributed by atoms with Gasteiger partial charge in [-0.2, -0.15) is 11.8 Å². The highest BCUT2D eigenvalue weighted by Crippen LogP contribution is 2.24. The predicted octanol–water partition coefficient (Wildman–Crippen LogP) is 1.32. The Morgan fingerprint density at radius 1 is 1.62 bits per heavy atom. The van der Waals surface area contributed by atoms with Crippen LogP contribution in [-0.2, 0) is 17.8 Å². The fraction of sp³-hybridized carbons (Fsp3) is 0.545. The smallest absolute Gasteiger partial charge is 0.232 e. The third kappa shape index (κ3) is 2.78. The number of carbonyl (C=O) groups is 1. The minimum Gasteiger partial charge on any atom is -0.337 e. The van der Waals surface area contributed by atoms with Crippen molar-refractivity contribution in [3.8, 4) is 0 Å². The Morgan fingerprint density at radius 3 is 3.31 bits per heavy atom. The first-order valence-electron chi connectivity index (χ1n) is 5.42. The molecule has 1 aliphatic rings. The summed E-state index contributed by atoms with van der Waals surface area (Å²) >= 11 is 3.43. The highest BCUT2D eigenvalue weighted by atomic mass is 32.2. The highest BCUT2D eigenvalue weighted by molar-refractivity contribution is 7.99. The first-order chi connectivity index (χ1) is 7.81. The highest BCUT2D eigenvalue weighted by Gasteiger charge is 2.20. The Balaban J connectivity index is 1.86. The second-order valence-corrected chi connectivity index (χ2v) is 5.88. The Labute approximate surface area is 104 Å². The van der Waals surface area contributed by atoms with Crippen molar-refractivity contribution in [3.63, 3.8) is 0 Å². The number of hydrogen-bond acceptors (Lipinski definition) is 4. The van der Waals surface area contributed by atoms with Gasteiger partial charge in [0.2, 0.25) is 5.91 Å². The maximum atomic E-state index is 11.9. The number of thioether (sulfide) groups is 1. The van der Waals surface area contributed by atoms with E-state index in [2.05, 4.69) is 11.4 Å². The van der Waals surface area contributed by atoms with Gasteiger partial charge in [-0.3, -0.25) is 4.79 Å². The zero-order valence-corrected chi connectivity index (χ0v) is 10.8. The fourth-order valence-corrected chi connectivity index (χ4v) is 3.35. The first kappa shape index (κ1) is 12.0. The minimum atomic E-state index is 0.246. The number of amides is 1.